The number of alkyl halides is 1. The Morgan fingerprint density at radius 2 is 1.96 bits per heavy atom. The van der Waals surface area contributed by atoms with Gasteiger partial charge in [0, 0.05) is 11.9 Å². The van der Waals surface area contributed by atoms with E-state index in [1.807, 2.05) is 45.0 Å². The number of benzene rings is 1. The lowest BCUT2D eigenvalue weighted by Gasteiger charge is -2.29. The van der Waals surface area contributed by atoms with E-state index in [1.54, 1.807) is 4.68 Å². The van der Waals surface area contributed by atoms with Crippen LogP contribution in [0.25, 0.3) is 10.9 Å². The molecule has 1 heterocycles. The first-order chi connectivity index (χ1) is 12.3. The van der Waals surface area contributed by atoms with Crippen molar-refractivity contribution in [3.8, 4) is 0 Å². The van der Waals surface area contributed by atoms with E-state index < -0.39 is 30.0 Å². The van der Waals surface area contributed by atoms with Gasteiger partial charge < -0.3 is 10.1 Å². The largest absolute Gasteiger partial charge is 0.467 e. The summed E-state index contributed by atoms with van der Waals surface area (Å²) >= 11 is 0. The lowest BCUT2D eigenvalue weighted by Crippen LogP contribution is -2.50. The molecule has 1 aromatic heterocycles. The number of aromatic nitrogens is 2. The lowest BCUT2D eigenvalue weighted by molar-refractivity contribution is -0.145. The Morgan fingerprint density at radius 1 is 1.27 bits per heavy atom. The summed E-state index contributed by atoms with van der Waals surface area (Å²) in [4.78, 5) is 25.1. The summed E-state index contributed by atoms with van der Waals surface area (Å²) < 4.78 is 18.9. The Labute approximate surface area is 152 Å². The molecule has 2 rings (SSSR count). The maximum absolute atomic E-state index is 13.0. The van der Waals surface area contributed by atoms with Crippen LogP contribution in [0.2, 0.25) is 0 Å². The summed E-state index contributed by atoms with van der Waals surface area (Å²) in [6, 6.07) is 6.50. The Balaban J connectivity index is 2.38. The van der Waals surface area contributed by atoms with Gasteiger partial charge in [-0.15, -0.1) is 0 Å². The smallest absolute Gasteiger partial charge is 0.328 e. The first kappa shape index (κ1) is 19.9. The number of nitrogens with one attached hydrogen (secondary N) is 1. The van der Waals surface area contributed by atoms with E-state index in [9.17, 15) is 14.0 Å². The van der Waals surface area contributed by atoms with Crippen LogP contribution in [0.3, 0.4) is 0 Å². The predicted octanol–water partition coefficient (Wildman–Crippen LogP) is 3.10. The van der Waals surface area contributed by atoms with Crippen molar-refractivity contribution in [3.63, 3.8) is 0 Å². The number of hydrogen-bond acceptors (Lipinski definition) is 4. The monoisotopic (exact) mass is 363 g/mol. The molecular weight excluding hydrogens is 337 g/mol. The van der Waals surface area contributed by atoms with E-state index in [1.165, 1.54) is 7.11 Å². The van der Waals surface area contributed by atoms with Crippen molar-refractivity contribution < 1.29 is 18.7 Å². The van der Waals surface area contributed by atoms with Crippen molar-refractivity contribution in [1.82, 2.24) is 15.1 Å². The molecule has 0 aliphatic heterocycles. The molecular formula is C19H26FN3O3. The van der Waals surface area contributed by atoms with Gasteiger partial charge in [0.2, 0.25) is 0 Å². The van der Waals surface area contributed by atoms with Crippen LogP contribution in [0.15, 0.2) is 24.3 Å². The standard InChI is InChI=1S/C19H26FN3O3/c1-19(2,3)16(18(25)26-4)21-17(24)15-13-9-5-6-10-14(13)22-23(15)12-8-7-11-20/h5-6,9-10,16H,7-8,11-12H2,1-4H3,(H,21,24)/t16-/m1/s1. The molecule has 1 atom stereocenters. The van der Waals surface area contributed by atoms with Gasteiger partial charge in [-0.05, 0) is 24.3 Å². The lowest BCUT2D eigenvalue weighted by atomic mass is 9.86. The summed E-state index contributed by atoms with van der Waals surface area (Å²) in [7, 11) is 1.30. The van der Waals surface area contributed by atoms with Crippen molar-refractivity contribution >= 4 is 22.8 Å². The molecule has 142 valence electrons. The van der Waals surface area contributed by atoms with Crippen LogP contribution in [0.1, 0.15) is 44.1 Å². The molecule has 0 saturated carbocycles. The normalized spacial score (nSPS) is 12.8. The summed E-state index contributed by atoms with van der Waals surface area (Å²) in [5.41, 5.74) is 0.540. The first-order valence-corrected chi connectivity index (χ1v) is 8.69. The summed E-state index contributed by atoms with van der Waals surface area (Å²) in [6.07, 6.45) is 0.981. The van der Waals surface area contributed by atoms with Gasteiger partial charge >= 0.3 is 5.97 Å². The van der Waals surface area contributed by atoms with Crippen molar-refractivity contribution in [2.24, 2.45) is 5.41 Å². The van der Waals surface area contributed by atoms with Crippen molar-refractivity contribution in [3.05, 3.63) is 30.0 Å². The quantitative estimate of drug-likeness (QED) is 0.606. The van der Waals surface area contributed by atoms with Gasteiger partial charge in [-0.1, -0.05) is 39.0 Å². The number of halogens is 1. The SMILES string of the molecule is COC(=O)[C@@H](NC(=O)c1c2ccccc2nn1CCCCF)C(C)(C)C. The van der Waals surface area contributed by atoms with E-state index in [-0.39, 0.29) is 0 Å². The maximum Gasteiger partial charge on any atom is 0.328 e. The number of carbonyl (C=O) groups excluding carboxylic acids is 2. The Kier molecular flexibility index (Phi) is 6.34. The van der Waals surface area contributed by atoms with Gasteiger partial charge in [-0.2, -0.15) is 5.10 Å². The number of esters is 1. The van der Waals surface area contributed by atoms with E-state index in [4.69, 9.17) is 4.74 Å². The second kappa shape index (κ2) is 8.29. The Bertz CT molecular complexity index is 780. The Hall–Kier alpha value is -2.44. The third-order valence-corrected chi connectivity index (χ3v) is 4.19. The zero-order chi connectivity index (χ0) is 19.3. The van der Waals surface area contributed by atoms with Crippen LogP contribution in [-0.4, -0.2) is 41.5 Å². The van der Waals surface area contributed by atoms with Crippen molar-refractivity contribution in [2.75, 3.05) is 13.8 Å². The highest BCUT2D eigenvalue weighted by Crippen LogP contribution is 2.23. The molecule has 26 heavy (non-hydrogen) atoms. The Morgan fingerprint density at radius 3 is 2.58 bits per heavy atom. The molecule has 6 nitrogen and oxygen atoms in total. The molecule has 0 unspecified atom stereocenters. The fourth-order valence-corrected chi connectivity index (χ4v) is 2.78. The van der Waals surface area contributed by atoms with Crippen LogP contribution in [0.5, 0.6) is 0 Å². The number of unbranched alkanes of at least 4 members (excludes halogenated alkanes) is 1. The van der Waals surface area contributed by atoms with Crippen LogP contribution >= 0.6 is 0 Å². The fraction of sp³-hybridized carbons (Fsp3) is 0.526. The van der Waals surface area contributed by atoms with E-state index in [0.717, 1.165) is 0 Å². The van der Waals surface area contributed by atoms with Gasteiger partial charge in [-0.3, -0.25) is 13.9 Å². The van der Waals surface area contributed by atoms with E-state index >= 15 is 0 Å². The molecule has 2 aromatic rings. The third kappa shape index (κ3) is 4.39. The van der Waals surface area contributed by atoms with Crippen LogP contribution < -0.4 is 5.32 Å². The van der Waals surface area contributed by atoms with Gasteiger partial charge in [0.1, 0.15) is 11.7 Å². The molecule has 0 radical (unpaired) electrons. The number of fused-ring (bicyclic) bond motifs is 1. The van der Waals surface area contributed by atoms with Crippen LogP contribution in [-0.2, 0) is 16.1 Å². The average molecular weight is 363 g/mol. The number of ether oxygens (including phenoxy) is 1. The average Bonchev–Trinajstić information content (AvgIpc) is 2.96. The molecule has 0 aliphatic rings. The summed E-state index contributed by atoms with van der Waals surface area (Å²) in [6.45, 7) is 5.58. The molecule has 0 spiro atoms. The first-order valence-electron chi connectivity index (χ1n) is 8.69. The maximum atomic E-state index is 13.0. The van der Waals surface area contributed by atoms with Crippen LogP contribution in [0, 0.1) is 5.41 Å². The van der Waals surface area contributed by atoms with Gasteiger partial charge in [0.25, 0.3) is 5.91 Å². The topological polar surface area (TPSA) is 73.2 Å². The van der Waals surface area contributed by atoms with Gasteiger partial charge in [-0.25, -0.2) is 4.79 Å². The molecule has 0 aliphatic carbocycles. The second-order valence-electron chi connectivity index (χ2n) is 7.28. The zero-order valence-electron chi connectivity index (χ0n) is 15.7. The minimum atomic E-state index is -0.798. The molecule has 0 fully saturated rings. The number of aryl methyl sites for hydroxylation is 1. The van der Waals surface area contributed by atoms with E-state index in [2.05, 4.69) is 10.4 Å². The predicted molar refractivity (Wildman–Crippen MR) is 97.7 cm³/mol. The number of rotatable bonds is 7. The molecule has 0 bridgehead atoms. The fourth-order valence-electron chi connectivity index (χ4n) is 2.78. The minimum Gasteiger partial charge on any atom is -0.467 e. The molecule has 1 amide bonds. The molecule has 7 heteroatoms. The van der Waals surface area contributed by atoms with Gasteiger partial charge in [0.15, 0.2) is 0 Å². The second-order valence-corrected chi connectivity index (χ2v) is 7.28. The number of hydrogen-bond donors (Lipinski definition) is 1. The molecule has 0 saturated heterocycles. The van der Waals surface area contributed by atoms with Crippen molar-refractivity contribution in [2.45, 2.75) is 46.2 Å². The highest BCUT2D eigenvalue weighted by atomic mass is 19.1. The van der Waals surface area contributed by atoms with Crippen LogP contribution in [0.4, 0.5) is 4.39 Å². The van der Waals surface area contributed by atoms with E-state index in [0.29, 0.717) is 36.0 Å². The highest BCUT2D eigenvalue weighted by molar-refractivity contribution is 6.06. The minimum absolute atomic E-state index is 0.373. The summed E-state index contributed by atoms with van der Waals surface area (Å²) in [5.74, 6) is -0.900. The number of amides is 1. The third-order valence-electron chi connectivity index (χ3n) is 4.19. The number of carbonyl (C=O) groups is 2. The van der Waals surface area contributed by atoms with Crippen molar-refractivity contribution in [1.29, 1.82) is 0 Å². The number of nitrogens with zero attached hydrogens (tertiary/aromatic N) is 2. The summed E-state index contributed by atoms with van der Waals surface area (Å²) in [5, 5.41) is 7.94. The number of methoxy groups -OCH3 is 1. The van der Waals surface area contributed by atoms with Gasteiger partial charge in [0.05, 0.1) is 19.3 Å². The molecule has 1 N–H and O–H groups in total. The zero-order valence-corrected chi connectivity index (χ0v) is 15.7. The highest BCUT2D eigenvalue weighted by Gasteiger charge is 2.35. The molecule has 1 aromatic carbocycles.